The number of nitrogens with zero attached hydrogens (tertiary/aromatic N) is 1. The molecule has 84 valence electrons. The van der Waals surface area contributed by atoms with Crippen LogP contribution in [0.25, 0.3) is 11.0 Å². The Morgan fingerprint density at radius 2 is 2.06 bits per heavy atom. The predicted octanol–water partition coefficient (Wildman–Crippen LogP) is 1.13. The standard InChI is InChI=1S/C10H12BBrN2O2/c1-5(2)8-9-6(3-4-7(12)14-9)13-10(8)11(15)16/h3-5,13,15-16H,1-2H3. The van der Waals surface area contributed by atoms with Gasteiger partial charge in [-0.2, -0.15) is 0 Å². The number of fused-ring (bicyclic) bond motifs is 1. The largest absolute Gasteiger partial charge is 0.506 e. The molecule has 0 aliphatic carbocycles. The smallest absolute Gasteiger partial charge is 0.422 e. The van der Waals surface area contributed by atoms with E-state index in [-0.39, 0.29) is 5.92 Å². The summed E-state index contributed by atoms with van der Waals surface area (Å²) < 4.78 is 0.736. The molecule has 2 rings (SSSR count). The molecule has 4 nitrogen and oxygen atoms in total. The van der Waals surface area contributed by atoms with Gasteiger partial charge in [-0.05, 0) is 39.5 Å². The lowest BCUT2D eigenvalue weighted by Crippen LogP contribution is -2.34. The summed E-state index contributed by atoms with van der Waals surface area (Å²) in [7, 11) is -1.50. The summed E-state index contributed by atoms with van der Waals surface area (Å²) in [5.74, 6) is 0.173. The monoisotopic (exact) mass is 282 g/mol. The zero-order chi connectivity index (χ0) is 11.9. The van der Waals surface area contributed by atoms with Crippen LogP contribution in [0.15, 0.2) is 16.7 Å². The molecule has 0 fully saturated rings. The molecule has 0 aromatic carbocycles. The fourth-order valence-electron chi connectivity index (χ4n) is 1.87. The number of aromatic nitrogens is 2. The van der Waals surface area contributed by atoms with Gasteiger partial charge in [0.25, 0.3) is 0 Å². The van der Waals surface area contributed by atoms with E-state index in [1.54, 1.807) is 0 Å². The summed E-state index contributed by atoms with van der Waals surface area (Å²) in [5, 5.41) is 18.6. The molecule has 0 amide bonds. The summed E-state index contributed by atoms with van der Waals surface area (Å²) >= 11 is 3.31. The van der Waals surface area contributed by atoms with Crippen molar-refractivity contribution in [3.8, 4) is 0 Å². The Bertz CT molecular complexity index is 525. The van der Waals surface area contributed by atoms with Gasteiger partial charge in [-0.3, -0.25) is 0 Å². The first kappa shape index (κ1) is 11.6. The van der Waals surface area contributed by atoms with Crippen LogP contribution in [-0.2, 0) is 0 Å². The highest BCUT2D eigenvalue weighted by Gasteiger charge is 2.23. The molecule has 0 aliphatic heterocycles. The van der Waals surface area contributed by atoms with Crippen molar-refractivity contribution in [2.24, 2.45) is 0 Å². The predicted molar refractivity (Wildman–Crippen MR) is 67.7 cm³/mol. The van der Waals surface area contributed by atoms with Crippen molar-refractivity contribution in [1.29, 1.82) is 0 Å². The fourth-order valence-corrected chi connectivity index (χ4v) is 2.18. The van der Waals surface area contributed by atoms with Gasteiger partial charge in [-0.25, -0.2) is 4.98 Å². The lowest BCUT2D eigenvalue weighted by molar-refractivity contribution is 0.424. The van der Waals surface area contributed by atoms with Crippen LogP contribution in [0.1, 0.15) is 25.3 Å². The van der Waals surface area contributed by atoms with Crippen LogP contribution in [0.3, 0.4) is 0 Å². The van der Waals surface area contributed by atoms with Gasteiger partial charge in [0.2, 0.25) is 0 Å². The summed E-state index contributed by atoms with van der Waals surface area (Å²) in [4.78, 5) is 7.35. The highest BCUT2D eigenvalue weighted by Crippen LogP contribution is 2.23. The molecule has 0 saturated heterocycles. The van der Waals surface area contributed by atoms with Crippen LogP contribution in [0, 0.1) is 0 Å². The number of rotatable bonds is 2. The van der Waals surface area contributed by atoms with Crippen molar-refractivity contribution < 1.29 is 10.0 Å². The first-order chi connectivity index (χ1) is 7.50. The fraction of sp³-hybridized carbons (Fsp3) is 0.300. The first-order valence-electron chi connectivity index (χ1n) is 5.05. The number of halogens is 1. The van der Waals surface area contributed by atoms with Crippen LogP contribution in [0.5, 0.6) is 0 Å². The quantitative estimate of drug-likeness (QED) is 0.571. The second-order valence-corrected chi connectivity index (χ2v) is 4.82. The Labute approximate surface area is 102 Å². The molecule has 16 heavy (non-hydrogen) atoms. The highest BCUT2D eigenvalue weighted by atomic mass is 79.9. The molecule has 0 bridgehead atoms. The third-order valence-corrected chi connectivity index (χ3v) is 2.95. The average Bonchev–Trinajstić information content (AvgIpc) is 2.55. The number of nitrogens with one attached hydrogen (secondary N) is 1. The molecule has 0 atom stereocenters. The van der Waals surface area contributed by atoms with E-state index in [1.165, 1.54) is 0 Å². The molecule has 0 aliphatic rings. The van der Waals surface area contributed by atoms with Gasteiger partial charge in [0.1, 0.15) is 4.60 Å². The van der Waals surface area contributed by atoms with Crippen molar-refractivity contribution in [1.82, 2.24) is 9.97 Å². The number of hydrogen-bond donors (Lipinski definition) is 3. The molecule has 2 aromatic heterocycles. The van der Waals surface area contributed by atoms with Crippen LogP contribution in [0.4, 0.5) is 0 Å². The zero-order valence-electron chi connectivity index (χ0n) is 9.03. The van der Waals surface area contributed by atoms with Gasteiger partial charge in [-0.15, -0.1) is 0 Å². The van der Waals surface area contributed by atoms with E-state index in [9.17, 15) is 10.0 Å². The third-order valence-electron chi connectivity index (χ3n) is 2.51. The van der Waals surface area contributed by atoms with Crippen molar-refractivity contribution in [2.75, 3.05) is 0 Å². The van der Waals surface area contributed by atoms with Crippen LogP contribution >= 0.6 is 15.9 Å². The normalized spacial score (nSPS) is 11.4. The molecular weight excluding hydrogens is 271 g/mol. The van der Waals surface area contributed by atoms with Gasteiger partial charge in [0, 0.05) is 0 Å². The van der Waals surface area contributed by atoms with E-state index in [1.807, 2.05) is 26.0 Å². The summed E-state index contributed by atoms with van der Waals surface area (Å²) in [6.07, 6.45) is 0. The molecule has 3 N–H and O–H groups in total. The van der Waals surface area contributed by atoms with Crippen molar-refractivity contribution in [3.05, 3.63) is 22.3 Å². The second kappa shape index (κ2) is 4.20. The maximum absolute atomic E-state index is 9.31. The molecule has 2 aromatic rings. The summed E-state index contributed by atoms with van der Waals surface area (Å²) in [5.41, 5.74) is 2.88. The molecular formula is C10H12BBrN2O2. The minimum atomic E-state index is -1.50. The number of hydrogen-bond acceptors (Lipinski definition) is 3. The van der Waals surface area contributed by atoms with E-state index >= 15 is 0 Å². The topological polar surface area (TPSA) is 69.1 Å². The van der Waals surface area contributed by atoms with E-state index in [0.717, 1.165) is 21.2 Å². The van der Waals surface area contributed by atoms with Crippen molar-refractivity contribution in [3.63, 3.8) is 0 Å². The maximum Gasteiger partial charge on any atom is 0.506 e. The Morgan fingerprint density at radius 1 is 1.38 bits per heavy atom. The van der Waals surface area contributed by atoms with E-state index < -0.39 is 7.12 Å². The van der Waals surface area contributed by atoms with Crippen molar-refractivity contribution in [2.45, 2.75) is 19.8 Å². The maximum atomic E-state index is 9.31. The number of pyridine rings is 1. The molecule has 6 heteroatoms. The lowest BCUT2D eigenvalue weighted by Gasteiger charge is -2.06. The minimum absolute atomic E-state index is 0.173. The Kier molecular flexibility index (Phi) is 3.05. The van der Waals surface area contributed by atoms with Crippen molar-refractivity contribution >= 4 is 39.7 Å². The minimum Gasteiger partial charge on any atom is -0.422 e. The molecule has 0 saturated carbocycles. The van der Waals surface area contributed by atoms with Gasteiger partial charge >= 0.3 is 7.12 Å². The zero-order valence-corrected chi connectivity index (χ0v) is 10.6. The second-order valence-electron chi connectivity index (χ2n) is 4.01. The highest BCUT2D eigenvalue weighted by molar-refractivity contribution is 9.10. The lowest BCUT2D eigenvalue weighted by atomic mass is 9.80. The first-order valence-corrected chi connectivity index (χ1v) is 5.84. The Morgan fingerprint density at radius 3 is 2.62 bits per heavy atom. The molecule has 0 radical (unpaired) electrons. The van der Waals surface area contributed by atoms with Crippen LogP contribution in [-0.4, -0.2) is 27.1 Å². The van der Waals surface area contributed by atoms with Gasteiger partial charge in [0.05, 0.1) is 16.6 Å². The Hall–Kier alpha value is -0.845. The summed E-state index contributed by atoms with van der Waals surface area (Å²) in [6.45, 7) is 3.99. The molecule has 0 spiro atoms. The van der Waals surface area contributed by atoms with Gasteiger partial charge in [0.15, 0.2) is 0 Å². The van der Waals surface area contributed by atoms with Gasteiger partial charge < -0.3 is 15.0 Å². The molecule has 0 unspecified atom stereocenters. The Balaban J connectivity index is 2.77. The van der Waals surface area contributed by atoms with Gasteiger partial charge in [-0.1, -0.05) is 13.8 Å². The van der Waals surface area contributed by atoms with E-state index in [4.69, 9.17) is 0 Å². The van der Waals surface area contributed by atoms with E-state index in [2.05, 4.69) is 25.9 Å². The van der Waals surface area contributed by atoms with Crippen LogP contribution in [0.2, 0.25) is 0 Å². The van der Waals surface area contributed by atoms with Crippen LogP contribution < -0.4 is 5.59 Å². The number of H-pyrrole nitrogens is 1. The third kappa shape index (κ3) is 1.88. The SMILES string of the molecule is CC(C)c1c(B(O)O)[nH]c2ccc(Br)nc12. The number of aromatic amines is 1. The summed E-state index contributed by atoms with van der Waals surface area (Å²) in [6, 6.07) is 3.68. The molecule has 2 heterocycles. The average molecular weight is 283 g/mol. The van der Waals surface area contributed by atoms with E-state index in [0.29, 0.717) is 5.59 Å².